The number of carbonyl (C=O) groups excluding carboxylic acids is 2. The Bertz CT molecular complexity index is 753. The molecular formula is C19H18INO4. The Morgan fingerprint density at radius 3 is 2.36 bits per heavy atom. The Kier molecular flexibility index (Phi) is 5.27. The third-order valence-electron chi connectivity index (χ3n) is 4.17. The number of hydrogen-bond acceptors (Lipinski definition) is 4. The number of rotatable bonds is 4. The second-order valence-electron chi connectivity index (χ2n) is 5.99. The van der Waals surface area contributed by atoms with E-state index in [1.54, 1.807) is 6.92 Å². The summed E-state index contributed by atoms with van der Waals surface area (Å²) in [7, 11) is 0. The van der Waals surface area contributed by atoms with E-state index < -0.39 is 23.8 Å². The highest BCUT2D eigenvalue weighted by Crippen LogP contribution is 2.39. The highest BCUT2D eigenvalue weighted by atomic mass is 127. The molecule has 2 aromatic rings. The van der Waals surface area contributed by atoms with Gasteiger partial charge in [0.1, 0.15) is 6.61 Å². The summed E-state index contributed by atoms with van der Waals surface area (Å²) in [5.74, 6) is -0.424. The molecule has 2 atom stereocenters. The number of nitrogens with zero attached hydrogens (tertiary/aromatic N) is 1. The monoisotopic (exact) mass is 451 g/mol. The van der Waals surface area contributed by atoms with Gasteiger partial charge in [-0.15, -0.1) is 0 Å². The van der Waals surface area contributed by atoms with Crippen molar-refractivity contribution in [2.24, 2.45) is 0 Å². The normalized spacial score (nSPS) is 22.6. The molecule has 1 saturated heterocycles. The Morgan fingerprint density at radius 2 is 1.76 bits per heavy atom. The van der Waals surface area contributed by atoms with Crippen LogP contribution in [0.15, 0.2) is 60.7 Å². The number of ether oxygens (including phenoxy) is 2. The van der Waals surface area contributed by atoms with Crippen molar-refractivity contribution in [3.05, 3.63) is 71.8 Å². The zero-order chi connectivity index (χ0) is 17.9. The molecule has 0 spiro atoms. The molecule has 1 aliphatic heterocycles. The number of carbonyl (C=O) groups is 2. The molecule has 1 fully saturated rings. The van der Waals surface area contributed by atoms with Crippen LogP contribution in [0.1, 0.15) is 24.3 Å². The minimum absolute atomic E-state index is 0.142. The standard InChI is InChI=1S/C19H18INO4/c1-19(13-20)17(22)25-16(15-10-6-3-7-11-15)21(19)18(23)24-12-14-8-4-2-5-9-14/h2-11,16H,12-13H2,1H3/t16-,19?/m1/s1. The van der Waals surface area contributed by atoms with Crippen molar-refractivity contribution < 1.29 is 19.1 Å². The van der Waals surface area contributed by atoms with E-state index >= 15 is 0 Å². The summed E-state index contributed by atoms with van der Waals surface area (Å²) in [6.45, 7) is 1.84. The zero-order valence-corrected chi connectivity index (χ0v) is 15.9. The van der Waals surface area contributed by atoms with Gasteiger partial charge in [-0.3, -0.25) is 4.90 Å². The van der Waals surface area contributed by atoms with Crippen molar-refractivity contribution in [1.29, 1.82) is 0 Å². The molecule has 0 N–H and O–H groups in total. The van der Waals surface area contributed by atoms with E-state index in [0.29, 0.717) is 4.43 Å². The Labute approximate surface area is 160 Å². The summed E-state index contributed by atoms with van der Waals surface area (Å²) in [5.41, 5.74) is 0.560. The van der Waals surface area contributed by atoms with Crippen LogP contribution in [0.3, 0.4) is 0 Å². The van der Waals surface area contributed by atoms with E-state index in [2.05, 4.69) is 22.6 Å². The van der Waals surface area contributed by atoms with Gasteiger partial charge in [-0.2, -0.15) is 0 Å². The smallest absolute Gasteiger partial charge is 0.414 e. The van der Waals surface area contributed by atoms with Crippen LogP contribution in [-0.4, -0.2) is 26.9 Å². The van der Waals surface area contributed by atoms with Gasteiger partial charge in [0.15, 0.2) is 5.54 Å². The molecule has 0 aromatic heterocycles. The van der Waals surface area contributed by atoms with Crippen molar-refractivity contribution in [3.63, 3.8) is 0 Å². The minimum Gasteiger partial charge on any atom is -0.444 e. The van der Waals surface area contributed by atoms with Crippen LogP contribution in [0.25, 0.3) is 0 Å². The van der Waals surface area contributed by atoms with Crippen LogP contribution in [0, 0.1) is 0 Å². The predicted molar refractivity (Wildman–Crippen MR) is 101 cm³/mol. The van der Waals surface area contributed by atoms with E-state index in [-0.39, 0.29) is 6.61 Å². The first-order valence-corrected chi connectivity index (χ1v) is 9.41. The molecule has 0 saturated carbocycles. The molecule has 1 unspecified atom stereocenters. The molecule has 1 heterocycles. The number of cyclic esters (lactones) is 1. The number of amides is 1. The van der Waals surface area contributed by atoms with Crippen LogP contribution in [-0.2, 0) is 20.9 Å². The first-order chi connectivity index (χ1) is 12.1. The van der Waals surface area contributed by atoms with Gasteiger partial charge < -0.3 is 9.47 Å². The van der Waals surface area contributed by atoms with Crippen molar-refractivity contribution >= 4 is 34.7 Å². The van der Waals surface area contributed by atoms with Gasteiger partial charge in [0.2, 0.25) is 6.23 Å². The maximum absolute atomic E-state index is 12.8. The molecule has 1 amide bonds. The predicted octanol–water partition coefficient (Wildman–Crippen LogP) is 4.07. The Morgan fingerprint density at radius 1 is 1.16 bits per heavy atom. The lowest BCUT2D eigenvalue weighted by molar-refractivity contribution is -0.144. The highest BCUT2D eigenvalue weighted by molar-refractivity contribution is 14.1. The molecule has 3 rings (SSSR count). The summed E-state index contributed by atoms with van der Waals surface area (Å²) in [5, 5.41) is 0. The summed E-state index contributed by atoms with van der Waals surface area (Å²) in [4.78, 5) is 26.6. The lowest BCUT2D eigenvalue weighted by atomic mass is 10.0. The molecule has 25 heavy (non-hydrogen) atoms. The topological polar surface area (TPSA) is 55.8 Å². The first-order valence-electron chi connectivity index (χ1n) is 7.88. The number of hydrogen-bond donors (Lipinski definition) is 0. The zero-order valence-electron chi connectivity index (χ0n) is 13.7. The fraction of sp³-hybridized carbons (Fsp3) is 0.263. The van der Waals surface area contributed by atoms with E-state index in [1.807, 2.05) is 60.7 Å². The Balaban J connectivity index is 1.85. The quantitative estimate of drug-likeness (QED) is 0.400. The van der Waals surface area contributed by atoms with E-state index in [4.69, 9.17) is 9.47 Å². The summed E-state index contributed by atoms with van der Waals surface area (Å²) >= 11 is 2.09. The van der Waals surface area contributed by atoms with Crippen LogP contribution in [0.5, 0.6) is 0 Å². The molecule has 0 bridgehead atoms. The number of benzene rings is 2. The van der Waals surface area contributed by atoms with E-state index in [9.17, 15) is 9.59 Å². The van der Waals surface area contributed by atoms with E-state index in [0.717, 1.165) is 11.1 Å². The fourth-order valence-electron chi connectivity index (χ4n) is 2.68. The number of esters is 1. The lowest BCUT2D eigenvalue weighted by Crippen LogP contribution is -2.51. The molecule has 0 aliphatic carbocycles. The summed E-state index contributed by atoms with van der Waals surface area (Å²) in [6, 6.07) is 18.6. The van der Waals surface area contributed by atoms with Crippen molar-refractivity contribution in [1.82, 2.24) is 4.90 Å². The van der Waals surface area contributed by atoms with Crippen LogP contribution in [0.2, 0.25) is 0 Å². The minimum atomic E-state index is -1.06. The van der Waals surface area contributed by atoms with Crippen LogP contribution < -0.4 is 0 Å². The second-order valence-corrected chi connectivity index (χ2v) is 6.75. The molecule has 5 nitrogen and oxygen atoms in total. The molecule has 0 radical (unpaired) electrons. The van der Waals surface area contributed by atoms with Crippen LogP contribution >= 0.6 is 22.6 Å². The van der Waals surface area contributed by atoms with E-state index in [1.165, 1.54) is 4.90 Å². The average Bonchev–Trinajstić information content (AvgIpc) is 2.93. The van der Waals surface area contributed by atoms with Gasteiger partial charge in [0.25, 0.3) is 0 Å². The molecule has 1 aliphatic rings. The van der Waals surface area contributed by atoms with Gasteiger partial charge in [-0.05, 0) is 12.5 Å². The fourth-order valence-corrected chi connectivity index (χ4v) is 3.36. The van der Waals surface area contributed by atoms with Gasteiger partial charge in [0.05, 0.1) is 0 Å². The third kappa shape index (κ3) is 3.49. The Hall–Kier alpha value is -2.09. The van der Waals surface area contributed by atoms with Gasteiger partial charge in [-0.25, -0.2) is 9.59 Å². The molecule has 130 valence electrons. The molecular weight excluding hydrogens is 433 g/mol. The SMILES string of the molecule is CC1(CI)C(=O)O[C@H](c2ccccc2)N1C(=O)OCc1ccccc1. The first kappa shape index (κ1) is 17.7. The summed E-state index contributed by atoms with van der Waals surface area (Å²) in [6.07, 6.45) is -1.35. The lowest BCUT2D eigenvalue weighted by Gasteiger charge is -2.31. The van der Waals surface area contributed by atoms with Crippen molar-refractivity contribution in [2.75, 3.05) is 4.43 Å². The largest absolute Gasteiger partial charge is 0.444 e. The number of halogens is 1. The van der Waals surface area contributed by atoms with Crippen molar-refractivity contribution in [2.45, 2.75) is 25.3 Å². The summed E-state index contributed by atoms with van der Waals surface area (Å²) < 4.78 is 11.4. The van der Waals surface area contributed by atoms with Crippen molar-refractivity contribution in [3.8, 4) is 0 Å². The number of alkyl halides is 1. The van der Waals surface area contributed by atoms with Gasteiger partial charge in [-0.1, -0.05) is 83.3 Å². The molecule has 2 aromatic carbocycles. The maximum atomic E-state index is 12.8. The van der Waals surface area contributed by atoms with Crippen LogP contribution in [0.4, 0.5) is 4.79 Å². The highest BCUT2D eigenvalue weighted by Gasteiger charge is 2.55. The molecule has 6 heteroatoms. The average molecular weight is 451 g/mol. The van der Waals surface area contributed by atoms with Gasteiger partial charge >= 0.3 is 12.1 Å². The second kappa shape index (κ2) is 7.43. The third-order valence-corrected chi connectivity index (χ3v) is 5.66. The van der Waals surface area contributed by atoms with Gasteiger partial charge in [0, 0.05) is 9.99 Å². The maximum Gasteiger partial charge on any atom is 0.414 e.